The Morgan fingerprint density at radius 1 is 1.32 bits per heavy atom. The third-order valence-corrected chi connectivity index (χ3v) is 3.31. The summed E-state index contributed by atoms with van der Waals surface area (Å²) in [5.74, 6) is 1.00. The van der Waals surface area contributed by atoms with Crippen LogP contribution in [-0.2, 0) is 11.2 Å². The van der Waals surface area contributed by atoms with Crippen molar-refractivity contribution >= 4 is 11.7 Å². The number of hydrogen-bond acceptors (Lipinski definition) is 3. The van der Waals surface area contributed by atoms with Crippen LogP contribution < -0.4 is 4.74 Å². The molecule has 1 aromatic rings. The molecule has 102 valence electrons. The van der Waals surface area contributed by atoms with E-state index in [1.54, 1.807) is 19.0 Å². The fourth-order valence-electron chi connectivity index (χ4n) is 2.19. The first kappa shape index (κ1) is 13.6. The van der Waals surface area contributed by atoms with Gasteiger partial charge in [0, 0.05) is 26.1 Å². The molecule has 0 heterocycles. The molecule has 0 saturated carbocycles. The fraction of sp³-hybridized carbons (Fsp3) is 0.467. The van der Waals surface area contributed by atoms with Gasteiger partial charge in [-0.15, -0.1) is 0 Å². The van der Waals surface area contributed by atoms with E-state index < -0.39 is 0 Å². The zero-order valence-electron chi connectivity index (χ0n) is 11.4. The molecule has 1 amide bonds. The Balaban J connectivity index is 1.95. The molecule has 2 rings (SSSR count). The quantitative estimate of drug-likeness (QED) is 0.833. The van der Waals surface area contributed by atoms with Crippen molar-refractivity contribution in [2.75, 3.05) is 20.7 Å². The van der Waals surface area contributed by atoms with Gasteiger partial charge >= 0.3 is 0 Å². The first-order valence-corrected chi connectivity index (χ1v) is 6.57. The van der Waals surface area contributed by atoms with Crippen LogP contribution in [0.4, 0.5) is 0 Å². The summed E-state index contributed by atoms with van der Waals surface area (Å²) in [6.45, 7) is 0.365. The van der Waals surface area contributed by atoms with Gasteiger partial charge < -0.3 is 9.64 Å². The molecule has 1 aliphatic rings. The molecule has 0 spiro atoms. The zero-order chi connectivity index (χ0) is 13.8. The third-order valence-electron chi connectivity index (χ3n) is 3.31. The highest BCUT2D eigenvalue weighted by atomic mass is 16.5. The molecule has 4 heteroatoms. The minimum atomic E-state index is 0.0492. The van der Waals surface area contributed by atoms with Gasteiger partial charge in [0.1, 0.15) is 5.75 Å². The van der Waals surface area contributed by atoms with Crippen LogP contribution in [-0.4, -0.2) is 37.3 Å². The Labute approximate surface area is 113 Å². The molecule has 0 atom stereocenters. The van der Waals surface area contributed by atoms with E-state index >= 15 is 0 Å². The molecule has 1 aliphatic carbocycles. The van der Waals surface area contributed by atoms with E-state index in [1.807, 2.05) is 18.2 Å². The lowest BCUT2D eigenvalue weighted by Crippen LogP contribution is -2.23. The van der Waals surface area contributed by atoms with E-state index in [4.69, 9.17) is 4.74 Å². The Morgan fingerprint density at radius 3 is 2.84 bits per heavy atom. The average molecular weight is 261 g/mol. The van der Waals surface area contributed by atoms with Gasteiger partial charge in [0.2, 0.25) is 5.91 Å². The first-order chi connectivity index (χ1) is 9.08. The van der Waals surface area contributed by atoms with Gasteiger partial charge in [-0.25, -0.2) is 0 Å². The van der Waals surface area contributed by atoms with Crippen LogP contribution >= 0.6 is 0 Å². The van der Waals surface area contributed by atoms with E-state index in [0.717, 1.165) is 29.7 Å². The highest BCUT2D eigenvalue weighted by Crippen LogP contribution is 2.25. The minimum absolute atomic E-state index is 0.0492. The summed E-state index contributed by atoms with van der Waals surface area (Å²) in [5, 5.41) is 0. The Bertz CT molecular complexity index is 494. The number of carbonyl (C=O) groups is 2. The summed E-state index contributed by atoms with van der Waals surface area (Å²) in [6.07, 6.45) is 2.84. The van der Waals surface area contributed by atoms with Crippen LogP contribution in [0.15, 0.2) is 18.2 Å². The number of aryl methyl sites for hydroxylation is 1. The van der Waals surface area contributed by atoms with Crippen molar-refractivity contribution in [2.24, 2.45) is 0 Å². The smallest absolute Gasteiger partial charge is 0.225 e. The van der Waals surface area contributed by atoms with Crippen molar-refractivity contribution in [3.05, 3.63) is 29.3 Å². The number of nitrogens with zero attached hydrogens (tertiary/aromatic N) is 1. The van der Waals surface area contributed by atoms with Gasteiger partial charge in [0.05, 0.1) is 13.0 Å². The van der Waals surface area contributed by atoms with Crippen LogP contribution in [0.25, 0.3) is 0 Å². The first-order valence-electron chi connectivity index (χ1n) is 6.57. The van der Waals surface area contributed by atoms with Gasteiger partial charge in [0.15, 0.2) is 5.78 Å². The van der Waals surface area contributed by atoms with Crippen molar-refractivity contribution < 1.29 is 14.3 Å². The number of carbonyl (C=O) groups excluding carboxylic acids is 2. The molecular weight excluding hydrogens is 242 g/mol. The second-order valence-corrected chi connectivity index (χ2v) is 4.98. The second-order valence-electron chi connectivity index (χ2n) is 4.98. The molecule has 0 fully saturated rings. The minimum Gasteiger partial charge on any atom is -0.493 e. The van der Waals surface area contributed by atoms with Crippen molar-refractivity contribution in [1.82, 2.24) is 4.90 Å². The predicted molar refractivity (Wildman–Crippen MR) is 72.5 cm³/mol. The molecule has 0 unspecified atom stereocenters. The molecule has 0 bridgehead atoms. The Morgan fingerprint density at radius 2 is 2.11 bits per heavy atom. The van der Waals surface area contributed by atoms with Crippen molar-refractivity contribution in [1.29, 1.82) is 0 Å². The summed E-state index contributed by atoms with van der Waals surface area (Å²) in [6, 6.07) is 5.56. The molecule has 0 aromatic heterocycles. The van der Waals surface area contributed by atoms with E-state index in [0.29, 0.717) is 19.4 Å². The Hall–Kier alpha value is -1.84. The average Bonchev–Trinajstić information content (AvgIpc) is 2.38. The van der Waals surface area contributed by atoms with Crippen molar-refractivity contribution in [3.63, 3.8) is 0 Å². The molecule has 0 aliphatic heterocycles. The number of ketones is 1. The number of ether oxygens (including phenoxy) is 1. The fourth-order valence-corrected chi connectivity index (χ4v) is 2.19. The number of rotatable bonds is 4. The standard InChI is InChI=1S/C15H19NO3/c1-16(2)15(18)8-9-19-12-6-7-13-11(10-12)4-3-5-14(13)17/h6-7,10H,3-5,8-9H2,1-2H3. The summed E-state index contributed by atoms with van der Waals surface area (Å²) >= 11 is 0. The van der Waals surface area contributed by atoms with Crippen LogP contribution in [0.1, 0.15) is 35.2 Å². The molecule has 0 saturated heterocycles. The summed E-state index contributed by atoms with van der Waals surface area (Å²) in [5.41, 5.74) is 1.88. The third kappa shape index (κ3) is 3.34. The topological polar surface area (TPSA) is 46.6 Å². The zero-order valence-corrected chi connectivity index (χ0v) is 11.4. The van der Waals surface area contributed by atoms with Crippen LogP contribution in [0.5, 0.6) is 5.75 Å². The second kappa shape index (κ2) is 5.87. The maximum atomic E-state index is 11.7. The summed E-state index contributed by atoms with van der Waals surface area (Å²) in [7, 11) is 3.46. The molecule has 1 aromatic carbocycles. The monoisotopic (exact) mass is 261 g/mol. The lowest BCUT2D eigenvalue weighted by molar-refractivity contribution is -0.129. The summed E-state index contributed by atoms with van der Waals surface area (Å²) in [4.78, 5) is 24.6. The van der Waals surface area contributed by atoms with Crippen LogP contribution in [0.2, 0.25) is 0 Å². The molecule has 0 radical (unpaired) electrons. The highest BCUT2D eigenvalue weighted by Gasteiger charge is 2.17. The van der Waals surface area contributed by atoms with E-state index in [2.05, 4.69) is 0 Å². The predicted octanol–water partition coefficient (Wildman–Crippen LogP) is 2.06. The van der Waals surface area contributed by atoms with Crippen molar-refractivity contribution in [3.8, 4) is 5.75 Å². The Kier molecular flexibility index (Phi) is 4.20. The highest BCUT2D eigenvalue weighted by molar-refractivity contribution is 5.98. The molecule has 0 N–H and O–H groups in total. The lowest BCUT2D eigenvalue weighted by atomic mass is 9.90. The van der Waals surface area contributed by atoms with Crippen LogP contribution in [0.3, 0.4) is 0 Å². The molecular formula is C15H19NO3. The maximum absolute atomic E-state index is 11.7. The summed E-state index contributed by atoms with van der Waals surface area (Å²) < 4.78 is 5.57. The lowest BCUT2D eigenvalue weighted by Gasteiger charge is -2.16. The number of amides is 1. The van der Waals surface area contributed by atoms with Gasteiger partial charge in [-0.2, -0.15) is 0 Å². The van der Waals surface area contributed by atoms with Gasteiger partial charge in [-0.1, -0.05) is 0 Å². The number of hydrogen-bond donors (Lipinski definition) is 0. The number of fused-ring (bicyclic) bond motifs is 1. The van der Waals surface area contributed by atoms with Gasteiger partial charge in [-0.05, 0) is 36.6 Å². The van der Waals surface area contributed by atoms with E-state index in [9.17, 15) is 9.59 Å². The number of Topliss-reactive ketones (excluding diaryl/α,β-unsaturated/α-hetero) is 1. The van der Waals surface area contributed by atoms with Crippen LogP contribution in [0, 0.1) is 0 Å². The van der Waals surface area contributed by atoms with Gasteiger partial charge in [0.25, 0.3) is 0 Å². The largest absolute Gasteiger partial charge is 0.493 e. The van der Waals surface area contributed by atoms with Gasteiger partial charge in [-0.3, -0.25) is 9.59 Å². The van der Waals surface area contributed by atoms with E-state index in [1.165, 1.54) is 0 Å². The molecule has 19 heavy (non-hydrogen) atoms. The molecule has 4 nitrogen and oxygen atoms in total. The normalized spacial score (nSPS) is 13.9. The maximum Gasteiger partial charge on any atom is 0.225 e. The van der Waals surface area contributed by atoms with Crippen molar-refractivity contribution in [2.45, 2.75) is 25.7 Å². The number of benzene rings is 1. The SMILES string of the molecule is CN(C)C(=O)CCOc1ccc2c(c1)CCCC2=O. The van der Waals surface area contributed by atoms with E-state index in [-0.39, 0.29) is 11.7 Å².